The van der Waals surface area contributed by atoms with Crippen molar-refractivity contribution in [2.24, 2.45) is 0 Å². The highest BCUT2D eigenvalue weighted by Crippen LogP contribution is 2.06. The molecule has 0 aliphatic rings. The van der Waals surface area contributed by atoms with E-state index in [2.05, 4.69) is 30.3 Å². The third-order valence-electron chi connectivity index (χ3n) is 3.04. The summed E-state index contributed by atoms with van der Waals surface area (Å²) in [5.74, 6) is 0. The number of hydrogen-bond donors (Lipinski definition) is 1. The van der Waals surface area contributed by atoms with Crippen molar-refractivity contribution in [1.82, 2.24) is 0 Å². The van der Waals surface area contributed by atoms with Gasteiger partial charge in [-0.1, -0.05) is 36.8 Å². The quantitative estimate of drug-likeness (QED) is 0.608. The second-order valence-corrected chi connectivity index (χ2v) is 4.69. The normalized spacial score (nSPS) is 10.7. The van der Waals surface area contributed by atoms with E-state index in [1.807, 2.05) is 0 Å². The molecule has 0 aromatic heterocycles. The van der Waals surface area contributed by atoms with E-state index in [1.165, 1.54) is 24.8 Å². The third kappa shape index (κ3) is 8.26. The van der Waals surface area contributed by atoms with Gasteiger partial charge >= 0.3 is 0 Å². The Balaban J connectivity index is 1.82. The van der Waals surface area contributed by atoms with E-state index in [9.17, 15) is 0 Å². The molecular formula is C16H26O2. The molecule has 0 spiro atoms. The summed E-state index contributed by atoms with van der Waals surface area (Å²) >= 11 is 0. The summed E-state index contributed by atoms with van der Waals surface area (Å²) in [5, 5.41) is 8.62. The Hall–Kier alpha value is -0.860. The van der Waals surface area contributed by atoms with Crippen molar-refractivity contribution in [3.05, 3.63) is 35.9 Å². The maximum atomic E-state index is 8.62. The van der Waals surface area contributed by atoms with E-state index in [0.29, 0.717) is 6.61 Å². The lowest BCUT2D eigenvalue weighted by atomic mass is 10.1. The fraction of sp³-hybridized carbons (Fsp3) is 0.625. The molecule has 1 rings (SSSR count). The van der Waals surface area contributed by atoms with Gasteiger partial charge in [-0.05, 0) is 44.1 Å². The highest BCUT2D eigenvalue weighted by Gasteiger charge is 1.94. The molecule has 0 amide bonds. The molecule has 0 saturated heterocycles. The molecule has 0 aliphatic carbocycles. The van der Waals surface area contributed by atoms with Crippen molar-refractivity contribution in [2.75, 3.05) is 19.8 Å². The molecular weight excluding hydrogens is 224 g/mol. The van der Waals surface area contributed by atoms with Crippen molar-refractivity contribution < 1.29 is 9.84 Å². The minimum atomic E-state index is 0.305. The molecule has 1 aromatic rings. The van der Waals surface area contributed by atoms with Crippen LogP contribution in [0.2, 0.25) is 0 Å². The maximum Gasteiger partial charge on any atom is 0.0466 e. The van der Waals surface area contributed by atoms with Gasteiger partial charge in [0.25, 0.3) is 0 Å². The van der Waals surface area contributed by atoms with Gasteiger partial charge in [0.15, 0.2) is 0 Å². The molecule has 0 aliphatic heterocycles. The predicted octanol–water partition coefficient (Wildman–Crippen LogP) is 3.58. The minimum Gasteiger partial charge on any atom is -0.396 e. The molecule has 0 heterocycles. The Bertz CT molecular complexity index is 272. The summed E-state index contributed by atoms with van der Waals surface area (Å²) in [7, 11) is 0. The van der Waals surface area contributed by atoms with Crippen LogP contribution < -0.4 is 0 Å². The molecule has 1 aromatic carbocycles. The van der Waals surface area contributed by atoms with E-state index in [1.54, 1.807) is 0 Å². The zero-order valence-corrected chi connectivity index (χ0v) is 11.3. The van der Waals surface area contributed by atoms with Crippen LogP contribution in [0.1, 0.15) is 44.1 Å². The topological polar surface area (TPSA) is 29.5 Å². The van der Waals surface area contributed by atoms with Gasteiger partial charge in [-0.25, -0.2) is 0 Å². The van der Waals surface area contributed by atoms with Crippen LogP contribution in [0.25, 0.3) is 0 Å². The number of hydrogen-bond acceptors (Lipinski definition) is 2. The van der Waals surface area contributed by atoms with Crippen LogP contribution in [0.5, 0.6) is 0 Å². The van der Waals surface area contributed by atoms with Crippen LogP contribution in [-0.2, 0) is 11.2 Å². The highest BCUT2D eigenvalue weighted by atomic mass is 16.5. The number of rotatable bonds is 11. The molecule has 102 valence electrons. The second kappa shape index (κ2) is 11.2. The second-order valence-electron chi connectivity index (χ2n) is 4.69. The summed E-state index contributed by atoms with van der Waals surface area (Å²) < 4.78 is 5.55. The molecule has 1 N–H and O–H groups in total. The molecule has 0 unspecified atom stereocenters. The number of unbranched alkanes of at least 4 members (excludes halogenated alkanes) is 4. The maximum absolute atomic E-state index is 8.62. The predicted molar refractivity (Wildman–Crippen MR) is 75.8 cm³/mol. The Labute approximate surface area is 111 Å². The average molecular weight is 250 g/mol. The first-order chi connectivity index (χ1) is 8.93. The number of aliphatic hydroxyl groups is 1. The molecule has 2 heteroatoms. The number of benzene rings is 1. The fourth-order valence-corrected chi connectivity index (χ4v) is 1.95. The summed E-state index contributed by atoms with van der Waals surface area (Å²) in [4.78, 5) is 0. The lowest BCUT2D eigenvalue weighted by Crippen LogP contribution is -1.98. The SMILES string of the molecule is OCCCCCOCCCCCc1ccccc1. The third-order valence-corrected chi connectivity index (χ3v) is 3.04. The Kier molecular flexibility index (Phi) is 9.49. The average Bonchev–Trinajstić information content (AvgIpc) is 2.42. The minimum absolute atomic E-state index is 0.305. The first kappa shape index (κ1) is 15.2. The highest BCUT2D eigenvalue weighted by molar-refractivity contribution is 5.14. The van der Waals surface area contributed by atoms with Crippen molar-refractivity contribution >= 4 is 0 Å². The van der Waals surface area contributed by atoms with Gasteiger partial charge in [0.2, 0.25) is 0 Å². The zero-order chi connectivity index (χ0) is 12.9. The van der Waals surface area contributed by atoms with Crippen molar-refractivity contribution in [3.63, 3.8) is 0 Å². The van der Waals surface area contributed by atoms with E-state index < -0.39 is 0 Å². The van der Waals surface area contributed by atoms with Crippen LogP contribution in [0, 0.1) is 0 Å². The largest absolute Gasteiger partial charge is 0.396 e. The summed E-state index contributed by atoms with van der Waals surface area (Å²) in [6, 6.07) is 10.7. The molecule has 0 fully saturated rings. The van der Waals surface area contributed by atoms with Crippen LogP contribution in [-0.4, -0.2) is 24.9 Å². The summed E-state index contributed by atoms with van der Waals surface area (Å²) in [6.07, 6.45) is 7.88. The number of ether oxygens (including phenoxy) is 1. The van der Waals surface area contributed by atoms with Crippen molar-refractivity contribution in [1.29, 1.82) is 0 Å². The van der Waals surface area contributed by atoms with Gasteiger partial charge in [0, 0.05) is 19.8 Å². The Morgan fingerprint density at radius 3 is 2.11 bits per heavy atom. The van der Waals surface area contributed by atoms with Crippen LogP contribution in [0.4, 0.5) is 0 Å². The van der Waals surface area contributed by atoms with E-state index in [4.69, 9.17) is 9.84 Å². The lowest BCUT2D eigenvalue weighted by molar-refractivity contribution is 0.124. The number of aryl methyl sites for hydroxylation is 1. The standard InChI is InChI=1S/C16H26O2/c17-13-7-3-9-15-18-14-8-2-6-12-16-10-4-1-5-11-16/h1,4-5,10-11,17H,2-3,6-9,12-15H2. The molecule has 0 radical (unpaired) electrons. The summed E-state index contributed by atoms with van der Waals surface area (Å²) in [5.41, 5.74) is 1.43. The van der Waals surface area contributed by atoms with Crippen LogP contribution in [0.15, 0.2) is 30.3 Å². The molecule has 0 atom stereocenters. The van der Waals surface area contributed by atoms with E-state index in [0.717, 1.165) is 38.9 Å². The Morgan fingerprint density at radius 1 is 0.778 bits per heavy atom. The van der Waals surface area contributed by atoms with Gasteiger partial charge in [0.05, 0.1) is 0 Å². The molecule has 0 bridgehead atoms. The van der Waals surface area contributed by atoms with Crippen molar-refractivity contribution in [2.45, 2.75) is 44.9 Å². The molecule has 2 nitrogen and oxygen atoms in total. The van der Waals surface area contributed by atoms with Gasteiger partial charge in [-0.15, -0.1) is 0 Å². The van der Waals surface area contributed by atoms with Gasteiger partial charge in [0.1, 0.15) is 0 Å². The van der Waals surface area contributed by atoms with E-state index >= 15 is 0 Å². The monoisotopic (exact) mass is 250 g/mol. The molecule has 18 heavy (non-hydrogen) atoms. The fourth-order valence-electron chi connectivity index (χ4n) is 1.95. The van der Waals surface area contributed by atoms with E-state index in [-0.39, 0.29) is 0 Å². The van der Waals surface area contributed by atoms with Crippen LogP contribution in [0.3, 0.4) is 0 Å². The summed E-state index contributed by atoms with van der Waals surface area (Å²) in [6.45, 7) is 2.03. The van der Waals surface area contributed by atoms with Gasteiger partial charge < -0.3 is 9.84 Å². The van der Waals surface area contributed by atoms with Gasteiger partial charge in [-0.3, -0.25) is 0 Å². The smallest absolute Gasteiger partial charge is 0.0466 e. The van der Waals surface area contributed by atoms with Crippen molar-refractivity contribution in [3.8, 4) is 0 Å². The Morgan fingerprint density at radius 2 is 1.44 bits per heavy atom. The number of aliphatic hydroxyl groups excluding tert-OH is 1. The van der Waals surface area contributed by atoms with Gasteiger partial charge in [-0.2, -0.15) is 0 Å². The lowest BCUT2D eigenvalue weighted by Gasteiger charge is -2.04. The molecule has 0 saturated carbocycles. The first-order valence-electron chi connectivity index (χ1n) is 7.16. The first-order valence-corrected chi connectivity index (χ1v) is 7.16. The zero-order valence-electron chi connectivity index (χ0n) is 11.3. The van der Waals surface area contributed by atoms with Crippen LogP contribution >= 0.6 is 0 Å².